The van der Waals surface area contributed by atoms with Crippen molar-refractivity contribution >= 4 is 5.69 Å². The van der Waals surface area contributed by atoms with Gasteiger partial charge in [-0.05, 0) is 35.0 Å². The Kier molecular flexibility index (Phi) is 3.32. The molecule has 2 aromatic heterocycles. The van der Waals surface area contributed by atoms with Gasteiger partial charge in [0.2, 0.25) is 0 Å². The van der Waals surface area contributed by atoms with E-state index >= 15 is 0 Å². The van der Waals surface area contributed by atoms with E-state index in [9.17, 15) is 0 Å². The zero-order valence-corrected chi connectivity index (χ0v) is 10.9. The summed E-state index contributed by atoms with van der Waals surface area (Å²) in [4.78, 5) is 7.97. The van der Waals surface area contributed by atoms with Gasteiger partial charge >= 0.3 is 0 Å². The molecule has 20 heavy (non-hydrogen) atoms. The first kappa shape index (κ1) is 12.2. The summed E-state index contributed by atoms with van der Waals surface area (Å²) in [6.07, 6.45) is 6.57. The van der Waals surface area contributed by atoms with Crippen LogP contribution >= 0.6 is 0 Å². The third-order valence-corrected chi connectivity index (χ3v) is 2.93. The summed E-state index contributed by atoms with van der Waals surface area (Å²) in [5.74, 6) is 0. The quantitative estimate of drug-likeness (QED) is 0.773. The summed E-state index contributed by atoms with van der Waals surface area (Å²) in [6, 6.07) is 8.15. The van der Waals surface area contributed by atoms with Gasteiger partial charge in [0.25, 0.3) is 0 Å². The van der Waals surface area contributed by atoms with Crippen LogP contribution in [0.25, 0.3) is 5.69 Å². The van der Waals surface area contributed by atoms with Gasteiger partial charge in [-0.25, -0.2) is 14.6 Å². The fourth-order valence-corrected chi connectivity index (χ4v) is 1.92. The molecule has 0 bridgehead atoms. The maximum atomic E-state index is 3.99. The van der Waals surface area contributed by atoms with Crippen molar-refractivity contribution in [3.05, 3.63) is 54.9 Å². The number of nitrogens with one attached hydrogen (secondary N) is 1. The monoisotopic (exact) mass is 267 g/mol. The van der Waals surface area contributed by atoms with Crippen LogP contribution < -0.4 is 5.32 Å². The molecule has 0 fully saturated rings. The molecule has 1 N–H and O–H groups in total. The lowest BCUT2D eigenvalue weighted by molar-refractivity contribution is 0.784. The lowest BCUT2D eigenvalue weighted by Crippen LogP contribution is -2.08. The Bertz CT molecular complexity index is 666. The van der Waals surface area contributed by atoms with Gasteiger partial charge in [-0.1, -0.05) is 12.1 Å². The van der Waals surface area contributed by atoms with Crippen LogP contribution in [0.4, 0.5) is 5.69 Å². The Morgan fingerprint density at radius 1 is 1.20 bits per heavy atom. The molecule has 3 aromatic rings. The predicted octanol–water partition coefficient (Wildman–Crippen LogP) is 1.63. The van der Waals surface area contributed by atoms with Crippen LogP contribution in [0, 0.1) is 0 Å². The largest absolute Gasteiger partial charge is 0.376 e. The van der Waals surface area contributed by atoms with Crippen molar-refractivity contribution < 1.29 is 0 Å². The van der Waals surface area contributed by atoms with Gasteiger partial charge in [-0.3, -0.25) is 0 Å². The topological polar surface area (TPSA) is 81.4 Å². The molecule has 100 valence electrons. The van der Waals surface area contributed by atoms with E-state index in [4.69, 9.17) is 0 Å². The Hall–Kier alpha value is -2.83. The minimum absolute atomic E-state index is 0.123. The number of tetrazole rings is 1. The zero-order valence-electron chi connectivity index (χ0n) is 10.9. The second kappa shape index (κ2) is 5.43. The highest BCUT2D eigenvalue weighted by Gasteiger charge is 2.07. The van der Waals surface area contributed by atoms with Crippen molar-refractivity contribution in [3.8, 4) is 5.69 Å². The smallest absolute Gasteiger partial charge is 0.143 e. The lowest BCUT2D eigenvalue weighted by atomic mass is 10.1. The van der Waals surface area contributed by atoms with E-state index < -0.39 is 0 Å². The molecule has 7 heteroatoms. The Balaban J connectivity index is 1.82. The Morgan fingerprint density at radius 2 is 2.05 bits per heavy atom. The van der Waals surface area contributed by atoms with E-state index in [1.165, 1.54) is 6.33 Å². The second-order valence-corrected chi connectivity index (χ2v) is 4.34. The molecule has 0 saturated carbocycles. The first-order valence-electron chi connectivity index (χ1n) is 6.18. The highest BCUT2D eigenvalue weighted by Crippen LogP contribution is 2.20. The Labute approximate surface area is 115 Å². The number of anilines is 1. The molecule has 0 spiro atoms. The molecule has 1 atom stereocenters. The van der Waals surface area contributed by atoms with Crippen molar-refractivity contribution in [2.75, 3.05) is 5.32 Å². The van der Waals surface area contributed by atoms with Gasteiger partial charge in [0, 0.05) is 6.04 Å². The summed E-state index contributed by atoms with van der Waals surface area (Å²) < 4.78 is 1.63. The first-order valence-corrected chi connectivity index (χ1v) is 6.18. The molecule has 0 aliphatic rings. The summed E-state index contributed by atoms with van der Waals surface area (Å²) >= 11 is 0. The Morgan fingerprint density at radius 3 is 2.80 bits per heavy atom. The summed E-state index contributed by atoms with van der Waals surface area (Å²) in [5, 5.41) is 14.5. The van der Waals surface area contributed by atoms with Gasteiger partial charge in [-0.2, -0.15) is 0 Å². The van der Waals surface area contributed by atoms with E-state index in [0.29, 0.717) is 0 Å². The third kappa shape index (κ3) is 2.61. The van der Waals surface area contributed by atoms with E-state index in [1.807, 2.05) is 18.2 Å². The molecule has 7 nitrogen and oxygen atoms in total. The first-order chi connectivity index (χ1) is 9.83. The molecular weight excluding hydrogens is 254 g/mol. The van der Waals surface area contributed by atoms with Crippen LogP contribution in [-0.2, 0) is 0 Å². The number of aromatic nitrogens is 6. The highest BCUT2D eigenvalue weighted by atomic mass is 15.5. The van der Waals surface area contributed by atoms with E-state index in [2.05, 4.69) is 43.8 Å². The van der Waals surface area contributed by atoms with Crippen LogP contribution in [0.5, 0.6) is 0 Å². The fraction of sp³-hybridized carbons (Fsp3) is 0.154. The van der Waals surface area contributed by atoms with E-state index in [0.717, 1.165) is 16.9 Å². The van der Waals surface area contributed by atoms with Crippen LogP contribution in [-0.4, -0.2) is 30.2 Å². The van der Waals surface area contributed by atoms with Crippen molar-refractivity contribution in [1.82, 2.24) is 30.2 Å². The third-order valence-electron chi connectivity index (χ3n) is 2.93. The van der Waals surface area contributed by atoms with Crippen LogP contribution in [0.15, 0.2) is 49.3 Å². The van der Waals surface area contributed by atoms with Crippen molar-refractivity contribution in [1.29, 1.82) is 0 Å². The van der Waals surface area contributed by atoms with Gasteiger partial charge in [0.05, 0.1) is 23.8 Å². The molecule has 1 unspecified atom stereocenters. The van der Waals surface area contributed by atoms with Crippen LogP contribution in [0.1, 0.15) is 18.5 Å². The molecule has 0 amide bonds. The van der Waals surface area contributed by atoms with Crippen LogP contribution in [0.2, 0.25) is 0 Å². The van der Waals surface area contributed by atoms with Crippen molar-refractivity contribution in [3.63, 3.8) is 0 Å². The van der Waals surface area contributed by atoms with Gasteiger partial charge < -0.3 is 5.32 Å². The van der Waals surface area contributed by atoms with Gasteiger partial charge in [-0.15, -0.1) is 5.10 Å². The maximum Gasteiger partial charge on any atom is 0.143 e. The average molecular weight is 267 g/mol. The molecule has 2 heterocycles. The molecule has 0 aliphatic heterocycles. The van der Waals surface area contributed by atoms with Crippen molar-refractivity contribution in [2.45, 2.75) is 13.0 Å². The summed E-state index contributed by atoms with van der Waals surface area (Å²) in [5.41, 5.74) is 2.93. The molecule has 1 aromatic carbocycles. The van der Waals surface area contributed by atoms with Gasteiger partial charge in [0.1, 0.15) is 12.7 Å². The SMILES string of the molecule is CC(Nc1cncnc1)c1cccc(-n2cnnn2)c1. The minimum atomic E-state index is 0.123. The number of nitrogens with zero attached hydrogens (tertiary/aromatic N) is 6. The highest BCUT2D eigenvalue weighted by molar-refractivity contribution is 5.43. The van der Waals surface area contributed by atoms with E-state index in [1.54, 1.807) is 23.4 Å². The predicted molar refractivity (Wildman–Crippen MR) is 73.2 cm³/mol. The average Bonchev–Trinajstić information content (AvgIpc) is 3.03. The van der Waals surface area contributed by atoms with Gasteiger partial charge in [0.15, 0.2) is 0 Å². The molecular formula is C13H13N7. The second-order valence-electron chi connectivity index (χ2n) is 4.34. The normalized spacial score (nSPS) is 12.1. The minimum Gasteiger partial charge on any atom is -0.376 e. The van der Waals surface area contributed by atoms with Crippen molar-refractivity contribution in [2.24, 2.45) is 0 Å². The zero-order chi connectivity index (χ0) is 13.8. The van der Waals surface area contributed by atoms with E-state index in [-0.39, 0.29) is 6.04 Å². The molecule has 0 radical (unpaired) electrons. The number of hydrogen-bond acceptors (Lipinski definition) is 6. The lowest BCUT2D eigenvalue weighted by Gasteiger charge is -2.15. The molecule has 0 saturated heterocycles. The van der Waals surface area contributed by atoms with Crippen LogP contribution in [0.3, 0.4) is 0 Å². The molecule has 0 aliphatic carbocycles. The maximum absolute atomic E-state index is 3.99. The number of benzene rings is 1. The number of rotatable bonds is 4. The standard InChI is InChI=1S/C13H13N7/c1-10(17-12-6-14-8-15-7-12)11-3-2-4-13(5-11)20-9-16-18-19-20/h2-10,17H,1H3. The summed E-state index contributed by atoms with van der Waals surface area (Å²) in [7, 11) is 0. The molecule has 3 rings (SSSR count). The summed E-state index contributed by atoms with van der Waals surface area (Å²) in [6.45, 7) is 2.08. The number of hydrogen-bond donors (Lipinski definition) is 1. The fourth-order valence-electron chi connectivity index (χ4n) is 1.92.